The van der Waals surface area contributed by atoms with E-state index < -0.39 is 23.2 Å². The van der Waals surface area contributed by atoms with Crippen molar-refractivity contribution >= 4 is 23.6 Å². The van der Waals surface area contributed by atoms with Crippen LogP contribution in [0.2, 0.25) is 0 Å². The Morgan fingerprint density at radius 3 is 2.29 bits per heavy atom. The van der Waals surface area contributed by atoms with Crippen LogP contribution in [0.1, 0.15) is 17.3 Å². The zero-order valence-electron chi connectivity index (χ0n) is 15.2. The van der Waals surface area contributed by atoms with Gasteiger partial charge in [0.25, 0.3) is 5.91 Å². The first-order valence-electron chi connectivity index (χ1n) is 8.73. The number of halogens is 2. The molecule has 28 heavy (non-hydrogen) atoms. The minimum absolute atomic E-state index is 0.0663. The first-order valence-corrected chi connectivity index (χ1v) is 8.73. The Hall–Kier alpha value is -3.30. The maximum absolute atomic E-state index is 13.6. The van der Waals surface area contributed by atoms with Crippen molar-refractivity contribution in [1.82, 2.24) is 14.9 Å². The second kappa shape index (κ2) is 8.59. The maximum Gasteiger partial charge on any atom is 0.409 e. The van der Waals surface area contributed by atoms with Crippen LogP contribution in [0.3, 0.4) is 0 Å². The number of aromatic nitrogens is 2. The zero-order chi connectivity index (χ0) is 20.1. The van der Waals surface area contributed by atoms with Crippen LogP contribution in [0.5, 0.6) is 0 Å². The second-order valence-electron chi connectivity index (χ2n) is 6.00. The third-order valence-electron chi connectivity index (χ3n) is 4.19. The van der Waals surface area contributed by atoms with E-state index in [1.54, 1.807) is 11.8 Å². The van der Waals surface area contributed by atoms with Gasteiger partial charge in [0.05, 0.1) is 12.2 Å². The van der Waals surface area contributed by atoms with E-state index in [-0.39, 0.29) is 11.7 Å². The molecular weight excluding hydrogens is 372 g/mol. The van der Waals surface area contributed by atoms with E-state index in [2.05, 4.69) is 15.3 Å². The van der Waals surface area contributed by atoms with Gasteiger partial charge in [0.1, 0.15) is 17.3 Å². The van der Waals surface area contributed by atoms with E-state index in [0.717, 1.165) is 12.1 Å². The molecule has 1 N–H and O–H groups in total. The van der Waals surface area contributed by atoms with Gasteiger partial charge in [0.15, 0.2) is 0 Å². The average molecular weight is 391 g/mol. The van der Waals surface area contributed by atoms with Gasteiger partial charge in [-0.3, -0.25) is 4.79 Å². The monoisotopic (exact) mass is 391 g/mol. The Morgan fingerprint density at radius 1 is 1.11 bits per heavy atom. The van der Waals surface area contributed by atoms with Crippen molar-refractivity contribution in [2.75, 3.05) is 43.0 Å². The van der Waals surface area contributed by atoms with E-state index in [1.165, 1.54) is 18.5 Å². The van der Waals surface area contributed by atoms with Gasteiger partial charge < -0.3 is 19.9 Å². The predicted molar refractivity (Wildman–Crippen MR) is 97.2 cm³/mol. The van der Waals surface area contributed by atoms with Gasteiger partial charge in [-0.05, 0) is 19.1 Å². The molecule has 1 aliphatic rings. The van der Waals surface area contributed by atoms with Crippen molar-refractivity contribution < 1.29 is 23.1 Å². The van der Waals surface area contributed by atoms with Gasteiger partial charge in [-0.1, -0.05) is 6.07 Å². The van der Waals surface area contributed by atoms with Crippen molar-refractivity contribution in [3.05, 3.63) is 47.8 Å². The van der Waals surface area contributed by atoms with Crippen LogP contribution in [0.25, 0.3) is 0 Å². The molecule has 1 saturated heterocycles. The summed E-state index contributed by atoms with van der Waals surface area (Å²) in [6.07, 6.45) is 2.22. The molecule has 1 aliphatic heterocycles. The summed E-state index contributed by atoms with van der Waals surface area (Å²) in [6, 6.07) is 3.31. The summed E-state index contributed by atoms with van der Waals surface area (Å²) in [5.74, 6) is -2.06. The molecule has 0 radical (unpaired) electrons. The SMILES string of the molecule is CCOC(=O)N1CCN(c2ncc(C(=O)Nc3c(F)cccc3F)cn2)CC1. The number of rotatable bonds is 4. The Bertz CT molecular complexity index is 835. The van der Waals surface area contributed by atoms with Crippen LogP contribution < -0.4 is 10.2 Å². The van der Waals surface area contributed by atoms with Gasteiger partial charge in [-0.15, -0.1) is 0 Å². The summed E-state index contributed by atoms with van der Waals surface area (Å²) < 4.78 is 32.3. The number of nitrogens with one attached hydrogen (secondary N) is 1. The van der Waals surface area contributed by atoms with Gasteiger partial charge in [0, 0.05) is 38.6 Å². The van der Waals surface area contributed by atoms with E-state index in [0.29, 0.717) is 38.7 Å². The van der Waals surface area contributed by atoms with Gasteiger partial charge in [-0.25, -0.2) is 23.5 Å². The molecule has 3 rings (SSSR count). The summed E-state index contributed by atoms with van der Waals surface area (Å²) >= 11 is 0. The molecule has 0 atom stereocenters. The molecular formula is C18H19F2N5O3. The quantitative estimate of drug-likeness (QED) is 0.861. The standard InChI is InChI=1S/C18H19F2N5O3/c1-2-28-18(27)25-8-6-24(7-9-25)17-21-10-12(11-22-17)16(26)23-15-13(19)4-3-5-14(15)20/h3-5,10-11H,2,6-9H2,1H3,(H,23,26). The van der Waals surface area contributed by atoms with Crippen molar-refractivity contribution in [2.45, 2.75) is 6.92 Å². The molecule has 1 aromatic heterocycles. The van der Waals surface area contributed by atoms with Crippen molar-refractivity contribution in [3.8, 4) is 0 Å². The summed E-state index contributed by atoms with van der Waals surface area (Å²) in [7, 11) is 0. The molecule has 2 amide bonds. The highest BCUT2D eigenvalue weighted by molar-refractivity contribution is 6.04. The fraction of sp³-hybridized carbons (Fsp3) is 0.333. The highest BCUT2D eigenvalue weighted by atomic mass is 19.1. The molecule has 0 bridgehead atoms. The minimum Gasteiger partial charge on any atom is -0.450 e. The van der Waals surface area contributed by atoms with Crippen LogP contribution in [0.4, 0.5) is 25.2 Å². The second-order valence-corrected chi connectivity index (χ2v) is 6.00. The number of nitrogens with zero attached hydrogens (tertiary/aromatic N) is 4. The minimum atomic E-state index is -0.870. The lowest BCUT2D eigenvalue weighted by Gasteiger charge is -2.33. The lowest BCUT2D eigenvalue weighted by Crippen LogP contribution is -2.49. The Labute approximate surface area is 160 Å². The molecule has 148 valence electrons. The zero-order valence-corrected chi connectivity index (χ0v) is 15.2. The summed E-state index contributed by atoms with van der Waals surface area (Å²) in [5, 5.41) is 2.18. The summed E-state index contributed by atoms with van der Waals surface area (Å²) in [5.41, 5.74) is -0.455. The molecule has 8 nitrogen and oxygen atoms in total. The molecule has 2 heterocycles. The number of amides is 2. The number of anilines is 2. The van der Waals surface area contributed by atoms with Crippen LogP contribution >= 0.6 is 0 Å². The number of benzene rings is 1. The van der Waals surface area contributed by atoms with Crippen molar-refractivity contribution in [2.24, 2.45) is 0 Å². The predicted octanol–water partition coefficient (Wildman–Crippen LogP) is 2.29. The van der Waals surface area contributed by atoms with E-state index >= 15 is 0 Å². The maximum atomic E-state index is 13.6. The van der Waals surface area contributed by atoms with Crippen LogP contribution in [0, 0.1) is 11.6 Å². The van der Waals surface area contributed by atoms with Gasteiger partial charge >= 0.3 is 6.09 Å². The fourth-order valence-electron chi connectivity index (χ4n) is 2.71. The van der Waals surface area contributed by atoms with Gasteiger partial charge in [-0.2, -0.15) is 0 Å². The normalized spacial score (nSPS) is 14.0. The third-order valence-corrected chi connectivity index (χ3v) is 4.19. The highest BCUT2D eigenvalue weighted by Crippen LogP contribution is 2.19. The molecule has 0 saturated carbocycles. The molecule has 0 unspecified atom stereocenters. The number of carbonyl (C=O) groups excluding carboxylic acids is 2. The van der Waals surface area contributed by atoms with E-state index in [1.807, 2.05) is 4.90 Å². The molecule has 0 aliphatic carbocycles. The third kappa shape index (κ3) is 4.33. The lowest BCUT2D eigenvalue weighted by atomic mass is 10.2. The molecule has 1 aromatic carbocycles. The first kappa shape index (κ1) is 19.5. The van der Waals surface area contributed by atoms with Crippen molar-refractivity contribution in [3.63, 3.8) is 0 Å². The van der Waals surface area contributed by atoms with E-state index in [4.69, 9.17) is 4.74 Å². The van der Waals surface area contributed by atoms with Crippen molar-refractivity contribution in [1.29, 1.82) is 0 Å². The summed E-state index contributed by atoms with van der Waals surface area (Å²) in [6.45, 7) is 4.05. The largest absolute Gasteiger partial charge is 0.450 e. The fourth-order valence-corrected chi connectivity index (χ4v) is 2.71. The topological polar surface area (TPSA) is 87.7 Å². The van der Waals surface area contributed by atoms with Crippen LogP contribution in [-0.2, 0) is 4.74 Å². The van der Waals surface area contributed by atoms with Crippen LogP contribution in [-0.4, -0.2) is 59.7 Å². The number of hydrogen-bond acceptors (Lipinski definition) is 6. The van der Waals surface area contributed by atoms with E-state index in [9.17, 15) is 18.4 Å². The average Bonchev–Trinajstić information content (AvgIpc) is 2.71. The molecule has 0 spiro atoms. The number of hydrogen-bond donors (Lipinski definition) is 1. The van der Waals surface area contributed by atoms with Gasteiger partial charge in [0.2, 0.25) is 5.95 Å². The number of para-hydroxylation sites is 1. The van der Waals surface area contributed by atoms with Crippen LogP contribution in [0.15, 0.2) is 30.6 Å². The Kier molecular flexibility index (Phi) is 5.97. The Balaban J connectivity index is 1.61. The smallest absolute Gasteiger partial charge is 0.409 e. The molecule has 2 aromatic rings. The first-order chi connectivity index (χ1) is 13.5. The highest BCUT2D eigenvalue weighted by Gasteiger charge is 2.23. The summed E-state index contributed by atoms with van der Waals surface area (Å²) in [4.78, 5) is 35.7. The number of carbonyl (C=O) groups is 2. The lowest BCUT2D eigenvalue weighted by molar-refractivity contribution is 0.102. The Morgan fingerprint density at radius 2 is 1.71 bits per heavy atom. The molecule has 10 heteroatoms. The number of piperazine rings is 1. The molecule has 1 fully saturated rings. The number of ether oxygens (including phenoxy) is 1.